The van der Waals surface area contributed by atoms with E-state index in [1.165, 1.54) is 114 Å². The number of aromatic nitrogens is 2. The van der Waals surface area contributed by atoms with Crippen molar-refractivity contribution in [1.29, 1.82) is 0 Å². The van der Waals surface area contributed by atoms with Crippen molar-refractivity contribution in [2.75, 3.05) is 0 Å². The van der Waals surface area contributed by atoms with Crippen LogP contribution in [0.25, 0.3) is 136 Å². The third-order valence-corrected chi connectivity index (χ3v) is 13.7. The van der Waals surface area contributed by atoms with Gasteiger partial charge in [0.25, 0.3) is 0 Å². The Kier molecular flexibility index (Phi) is 7.14. The largest absolute Gasteiger partial charge is 0.292 e. The monoisotopic (exact) mass is 796 g/mol. The first-order valence-electron chi connectivity index (χ1n) is 21.8. The summed E-state index contributed by atoms with van der Waals surface area (Å²) in [4.78, 5) is 5.36. The molecule has 12 aromatic carbocycles. The van der Waals surface area contributed by atoms with E-state index in [0.717, 1.165) is 22.2 Å². The van der Waals surface area contributed by atoms with E-state index in [1.807, 2.05) is 0 Å². The Morgan fingerprint density at radius 1 is 0.270 bits per heavy atom. The van der Waals surface area contributed by atoms with Crippen LogP contribution in [0.2, 0.25) is 0 Å². The Hall–Kier alpha value is -8.33. The van der Waals surface area contributed by atoms with Gasteiger partial charge in [-0.3, -0.25) is 4.40 Å². The van der Waals surface area contributed by atoms with Crippen LogP contribution in [0.5, 0.6) is 0 Å². The van der Waals surface area contributed by atoms with E-state index in [1.54, 1.807) is 0 Å². The van der Waals surface area contributed by atoms with E-state index in [-0.39, 0.29) is 0 Å². The van der Waals surface area contributed by atoms with Gasteiger partial charge in [0.05, 0.1) is 16.6 Å². The molecule has 0 aliphatic rings. The zero-order valence-electron chi connectivity index (χ0n) is 34.2. The first kappa shape index (κ1) is 34.4. The minimum absolute atomic E-state index is 0.993. The molecule has 0 bridgehead atoms. The van der Waals surface area contributed by atoms with Crippen LogP contribution in [0, 0.1) is 0 Å². The summed E-state index contributed by atoms with van der Waals surface area (Å²) in [6.07, 6.45) is 0. The molecule has 14 rings (SSSR count). The second kappa shape index (κ2) is 13.1. The van der Waals surface area contributed by atoms with Gasteiger partial charge in [-0.05, 0) is 140 Å². The van der Waals surface area contributed by atoms with Crippen molar-refractivity contribution in [3.8, 4) is 33.4 Å². The number of hydrogen-bond acceptors (Lipinski definition) is 1. The highest BCUT2D eigenvalue weighted by molar-refractivity contribution is 6.35. The second-order valence-corrected chi connectivity index (χ2v) is 17.0. The van der Waals surface area contributed by atoms with Gasteiger partial charge in [0, 0.05) is 16.2 Å². The van der Waals surface area contributed by atoms with Crippen LogP contribution < -0.4 is 0 Å². The summed E-state index contributed by atoms with van der Waals surface area (Å²) in [5.41, 5.74) is 11.6. The topological polar surface area (TPSA) is 17.3 Å². The van der Waals surface area contributed by atoms with Gasteiger partial charge >= 0.3 is 0 Å². The molecular formula is C61H36N2. The quantitative estimate of drug-likeness (QED) is 0.129. The highest BCUT2D eigenvalue weighted by Gasteiger charge is 2.21. The molecule has 0 saturated heterocycles. The standard InChI is InChI=1S/C61H36N2/c1-3-15-39-33-43(27-25-37(39)13-1)57-49-21-9-10-22-50(49)58(44-28-26-38-14-2-4-16-40(38)34-44)52-35-41(29-31-51(52)57)42-30-32-55-53(36-42)59-47-19-7-5-17-45(47)46-18-6-8-20-48(46)60(59)61-62-54-23-11-12-24-56(54)63(55)61/h1-36H. The molecule has 2 aromatic heterocycles. The van der Waals surface area contributed by atoms with Gasteiger partial charge in [0.1, 0.15) is 5.65 Å². The third-order valence-electron chi connectivity index (χ3n) is 13.7. The molecular weight excluding hydrogens is 761 g/mol. The van der Waals surface area contributed by atoms with E-state index >= 15 is 0 Å². The Morgan fingerprint density at radius 3 is 1.38 bits per heavy atom. The average Bonchev–Trinajstić information content (AvgIpc) is 3.75. The van der Waals surface area contributed by atoms with Crippen molar-refractivity contribution >= 4 is 103 Å². The van der Waals surface area contributed by atoms with Crippen molar-refractivity contribution in [1.82, 2.24) is 9.38 Å². The number of rotatable bonds is 3. The fourth-order valence-corrected chi connectivity index (χ4v) is 10.9. The molecule has 0 aliphatic heterocycles. The van der Waals surface area contributed by atoms with Gasteiger partial charge in [0.15, 0.2) is 0 Å². The van der Waals surface area contributed by atoms with Crippen molar-refractivity contribution in [3.63, 3.8) is 0 Å². The summed E-state index contributed by atoms with van der Waals surface area (Å²) < 4.78 is 2.39. The molecule has 0 N–H and O–H groups in total. The first-order valence-corrected chi connectivity index (χ1v) is 21.8. The van der Waals surface area contributed by atoms with Crippen LogP contribution in [-0.4, -0.2) is 9.38 Å². The minimum atomic E-state index is 0.993. The molecule has 2 heterocycles. The number of imidazole rings is 1. The van der Waals surface area contributed by atoms with Crippen LogP contribution in [0.4, 0.5) is 0 Å². The van der Waals surface area contributed by atoms with Gasteiger partial charge in [-0.2, -0.15) is 0 Å². The van der Waals surface area contributed by atoms with E-state index in [0.29, 0.717) is 0 Å². The Bertz CT molecular complexity index is 4270. The molecule has 0 radical (unpaired) electrons. The average molecular weight is 797 g/mol. The molecule has 0 amide bonds. The van der Waals surface area contributed by atoms with Crippen molar-refractivity contribution in [3.05, 3.63) is 218 Å². The number of para-hydroxylation sites is 2. The van der Waals surface area contributed by atoms with E-state index in [4.69, 9.17) is 4.98 Å². The molecule has 0 unspecified atom stereocenters. The number of fused-ring (bicyclic) bond motifs is 17. The van der Waals surface area contributed by atoms with Gasteiger partial charge in [-0.15, -0.1) is 0 Å². The first-order chi connectivity index (χ1) is 31.2. The zero-order chi connectivity index (χ0) is 41.2. The number of benzene rings is 12. The Balaban J connectivity index is 1.11. The fourth-order valence-electron chi connectivity index (χ4n) is 10.9. The van der Waals surface area contributed by atoms with Gasteiger partial charge in [-0.1, -0.05) is 176 Å². The van der Waals surface area contributed by atoms with Gasteiger partial charge in [-0.25, -0.2) is 4.98 Å². The summed E-state index contributed by atoms with van der Waals surface area (Å²) in [5.74, 6) is 0. The lowest BCUT2D eigenvalue weighted by Crippen LogP contribution is -1.95. The van der Waals surface area contributed by atoms with E-state index < -0.39 is 0 Å². The lowest BCUT2D eigenvalue weighted by molar-refractivity contribution is 1.32. The molecule has 0 spiro atoms. The molecule has 14 aromatic rings. The highest BCUT2D eigenvalue weighted by atomic mass is 15.0. The second-order valence-electron chi connectivity index (χ2n) is 17.0. The summed E-state index contributed by atoms with van der Waals surface area (Å²) in [6, 6.07) is 80.8. The third kappa shape index (κ3) is 4.98. The molecule has 290 valence electrons. The maximum atomic E-state index is 5.36. The molecule has 2 nitrogen and oxygen atoms in total. The van der Waals surface area contributed by atoms with Crippen LogP contribution in [0.3, 0.4) is 0 Å². The molecule has 0 fully saturated rings. The highest BCUT2D eigenvalue weighted by Crippen LogP contribution is 2.47. The summed E-state index contributed by atoms with van der Waals surface area (Å²) >= 11 is 0. The zero-order valence-corrected chi connectivity index (χ0v) is 34.2. The maximum Gasteiger partial charge on any atom is 0.147 e. The smallest absolute Gasteiger partial charge is 0.147 e. The van der Waals surface area contributed by atoms with Crippen LogP contribution in [0.1, 0.15) is 0 Å². The van der Waals surface area contributed by atoms with Crippen molar-refractivity contribution < 1.29 is 0 Å². The number of nitrogens with zero attached hydrogens (tertiary/aromatic N) is 2. The van der Waals surface area contributed by atoms with Crippen LogP contribution in [-0.2, 0) is 0 Å². The SMILES string of the molecule is c1ccc2cc(-c3c4ccccc4c(-c4ccc5ccccc5c4)c4cc(-c5ccc6c(c5)c5c7ccccc7c7ccccc7c5c5nc7ccccc7n65)ccc34)ccc2c1. The van der Waals surface area contributed by atoms with Crippen LogP contribution in [0.15, 0.2) is 218 Å². The summed E-state index contributed by atoms with van der Waals surface area (Å²) in [6.45, 7) is 0. The lowest BCUT2D eigenvalue weighted by Gasteiger charge is -2.20. The predicted octanol–water partition coefficient (Wildman–Crippen LogP) is 16.7. The van der Waals surface area contributed by atoms with E-state index in [2.05, 4.69) is 223 Å². The summed E-state index contributed by atoms with van der Waals surface area (Å²) in [7, 11) is 0. The number of pyridine rings is 1. The predicted molar refractivity (Wildman–Crippen MR) is 269 cm³/mol. The number of hydrogen-bond donors (Lipinski definition) is 0. The summed E-state index contributed by atoms with van der Waals surface area (Å²) in [5, 5.41) is 18.6. The molecule has 0 atom stereocenters. The van der Waals surface area contributed by atoms with E-state index in [9.17, 15) is 0 Å². The molecule has 63 heavy (non-hydrogen) atoms. The molecule has 0 aliphatic carbocycles. The minimum Gasteiger partial charge on any atom is -0.292 e. The fraction of sp³-hybridized carbons (Fsp3) is 0. The lowest BCUT2D eigenvalue weighted by atomic mass is 9.84. The molecule has 0 saturated carbocycles. The van der Waals surface area contributed by atoms with Crippen molar-refractivity contribution in [2.45, 2.75) is 0 Å². The maximum absolute atomic E-state index is 5.36. The van der Waals surface area contributed by atoms with Gasteiger partial charge < -0.3 is 0 Å². The Labute approximate surface area is 362 Å². The van der Waals surface area contributed by atoms with Crippen LogP contribution >= 0.6 is 0 Å². The molecule has 2 heteroatoms. The van der Waals surface area contributed by atoms with Gasteiger partial charge in [0.2, 0.25) is 0 Å². The Morgan fingerprint density at radius 2 is 0.730 bits per heavy atom. The van der Waals surface area contributed by atoms with Crippen molar-refractivity contribution in [2.24, 2.45) is 0 Å². The normalized spacial score (nSPS) is 12.1.